The molecule has 2 aromatic carbocycles. The van der Waals surface area contributed by atoms with E-state index in [4.69, 9.17) is 11.6 Å². The summed E-state index contributed by atoms with van der Waals surface area (Å²) in [6, 6.07) is 14.9. The Morgan fingerprint density at radius 3 is 2.97 bits per heavy atom. The van der Waals surface area contributed by atoms with Crippen molar-refractivity contribution in [1.29, 1.82) is 0 Å². The third-order valence-electron chi connectivity index (χ3n) is 6.42. The second kappa shape index (κ2) is 9.49. The molecule has 1 unspecified atom stereocenters. The van der Waals surface area contributed by atoms with Gasteiger partial charge in [-0.3, -0.25) is 4.79 Å². The number of hydrogen-bond acceptors (Lipinski definition) is 4. The third-order valence-corrected chi connectivity index (χ3v) is 6.73. The summed E-state index contributed by atoms with van der Waals surface area (Å²) in [5, 5.41) is 6.75. The monoisotopic (exact) mass is 464 g/mol. The van der Waals surface area contributed by atoms with E-state index < -0.39 is 0 Å². The standard InChI is InChI=1S/C26H26ClFN4O/c27-23-15-30-25(31-26(33)20-4-2-9-29-14-20)13-22(23)19-7-6-18-8-10-32(24(18)12-19)16-17-3-1-5-21(28)11-17/h1,3,5-7,11-13,15,20,29H,2,4,8-10,14,16H2,(H,30,31,33). The van der Waals surface area contributed by atoms with Gasteiger partial charge in [-0.25, -0.2) is 9.37 Å². The van der Waals surface area contributed by atoms with Crippen molar-refractivity contribution in [3.63, 3.8) is 0 Å². The van der Waals surface area contributed by atoms with E-state index in [0.29, 0.717) is 23.9 Å². The SMILES string of the molecule is O=C(Nc1cc(-c2ccc3c(c2)N(Cc2cccc(F)c2)CC3)c(Cl)cn1)C1CCCNC1. The Labute approximate surface area is 198 Å². The Kier molecular flexibility index (Phi) is 6.29. The number of hydrogen-bond donors (Lipinski definition) is 2. The molecule has 1 amide bonds. The normalized spacial score (nSPS) is 17.6. The number of nitrogens with zero attached hydrogens (tertiary/aromatic N) is 2. The highest BCUT2D eigenvalue weighted by molar-refractivity contribution is 6.33. The summed E-state index contributed by atoms with van der Waals surface area (Å²) < 4.78 is 13.6. The van der Waals surface area contributed by atoms with Crippen LogP contribution in [0.15, 0.2) is 54.7 Å². The Balaban J connectivity index is 1.38. The quantitative estimate of drug-likeness (QED) is 0.555. The van der Waals surface area contributed by atoms with Crippen LogP contribution in [0, 0.1) is 11.7 Å². The predicted molar refractivity (Wildman–Crippen MR) is 130 cm³/mol. The van der Waals surface area contributed by atoms with Gasteiger partial charge >= 0.3 is 0 Å². The first-order valence-corrected chi connectivity index (χ1v) is 11.7. The highest BCUT2D eigenvalue weighted by Crippen LogP contribution is 2.36. The fourth-order valence-corrected chi connectivity index (χ4v) is 4.88. The van der Waals surface area contributed by atoms with Gasteiger partial charge in [0, 0.05) is 37.1 Å². The highest BCUT2D eigenvalue weighted by atomic mass is 35.5. The summed E-state index contributed by atoms with van der Waals surface area (Å²) >= 11 is 6.51. The number of aromatic nitrogens is 1. The molecule has 0 aliphatic carbocycles. The predicted octanol–water partition coefficient (Wildman–Crippen LogP) is 5.04. The van der Waals surface area contributed by atoms with Crippen molar-refractivity contribution in [3.8, 4) is 11.1 Å². The summed E-state index contributed by atoms with van der Waals surface area (Å²) in [5.74, 6) is 0.221. The van der Waals surface area contributed by atoms with Crippen molar-refractivity contribution in [2.75, 3.05) is 29.9 Å². The number of carbonyl (C=O) groups is 1. The summed E-state index contributed by atoms with van der Waals surface area (Å²) in [4.78, 5) is 19.2. The van der Waals surface area contributed by atoms with E-state index >= 15 is 0 Å². The maximum atomic E-state index is 13.6. The van der Waals surface area contributed by atoms with E-state index in [-0.39, 0.29) is 17.6 Å². The number of piperidine rings is 1. The molecule has 5 rings (SSSR count). The molecular formula is C26H26ClFN4O. The van der Waals surface area contributed by atoms with Gasteiger partial charge in [0.05, 0.1) is 10.9 Å². The van der Waals surface area contributed by atoms with Crippen LogP contribution in [0.5, 0.6) is 0 Å². The third kappa shape index (κ3) is 4.87. The van der Waals surface area contributed by atoms with E-state index in [9.17, 15) is 9.18 Å². The van der Waals surface area contributed by atoms with E-state index in [1.807, 2.05) is 12.1 Å². The number of pyridine rings is 1. The number of rotatable bonds is 5. The van der Waals surface area contributed by atoms with Crippen LogP contribution in [0.4, 0.5) is 15.9 Å². The summed E-state index contributed by atoms with van der Waals surface area (Å²) in [7, 11) is 0. The van der Waals surface area contributed by atoms with Crippen LogP contribution in [0.25, 0.3) is 11.1 Å². The molecule has 3 aromatic rings. The molecule has 33 heavy (non-hydrogen) atoms. The zero-order chi connectivity index (χ0) is 22.8. The molecule has 1 atom stereocenters. The molecule has 0 saturated carbocycles. The lowest BCUT2D eigenvalue weighted by Crippen LogP contribution is -2.37. The molecule has 1 saturated heterocycles. The lowest BCUT2D eigenvalue weighted by Gasteiger charge is -2.22. The Morgan fingerprint density at radius 2 is 2.15 bits per heavy atom. The first kappa shape index (κ1) is 21.9. The van der Waals surface area contributed by atoms with Gasteiger partial charge in [-0.1, -0.05) is 35.9 Å². The van der Waals surface area contributed by atoms with Gasteiger partial charge in [-0.2, -0.15) is 0 Å². The molecule has 1 fully saturated rings. The molecular weight excluding hydrogens is 439 g/mol. The lowest BCUT2D eigenvalue weighted by molar-refractivity contribution is -0.120. The first-order valence-electron chi connectivity index (χ1n) is 11.4. The fourth-order valence-electron chi connectivity index (χ4n) is 4.67. The van der Waals surface area contributed by atoms with Crippen LogP contribution in [0.2, 0.25) is 5.02 Å². The number of anilines is 2. The smallest absolute Gasteiger partial charge is 0.229 e. The molecule has 7 heteroatoms. The second-order valence-electron chi connectivity index (χ2n) is 8.73. The van der Waals surface area contributed by atoms with Gasteiger partial charge in [0.2, 0.25) is 5.91 Å². The Morgan fingerprint density at radius 1 is 1.24 bits per heavy atom. The van der Waals surface area contributed by atoms with Crippen molar-refractivity contribution in [2.45, 2.75) is 25.8 Å². The van der Waals surface area contributed by atoms with E-state index in [1.54, 1.807) is 18.3 Å². The Hall–Kier alpha value is -2.96. The van der Waals surface area contributed by atoms with Crippen molar-refractivity contribution < 1.29 is 9.18 Å². The van der Waals surface area contributed by atoms with Crippen molar-refractivity contribution in [3.05, 3.63) is 76.7 Å². The van der Waals surface area contributed by atoms with Gasteiger partial charge < -0.3 is 15.5 Å². The number of benzene rings is 2. The van der Waals surface area contributed by atoms with Crippen molar-refractivity contribution in [1.82, 2.24) is 10.3 Å². The van der Waals surface area contributed by atoms with Gasteiger partial charge in [0.25, 0.3) is 0 Å². The first-order chi connectivity index (χ1) is 16.1. The van der Waals surface area contributed by atoms with Crippen molar-refractivity contribution in [2.24, 2.45) is 5.92 Å². The van der Waals surface area contributed by atoms with Crippen LogP contribution in [0.3, 0.4) is 0 Å². The average molecular weight is 465 g/mol. The molecule has 5 nitrogen and oxygen atoms in total. The van der Waals surface area contributed by atoms with E-state index in [2.05, 4.69) is 38.7 Å². The number of nitrogens with one attached hydrogen (secondary N) is 2. The molecule has 2 aliphatic heterocycles. The number of amides is 1. The minimum atomic E-state index is -0.220. The van der Waals surface area contributed by atoms with E-state index in [1.165, 1.54) is 11.6 Å². The molecule has 3 heterocycles. The Bertz CT molecular complexity index is 1180. The zero-order valence-corrected chi connectivity index (χ0v) is 19.0. The minimum Gasteiger partial charge on any atom is -0.367 e. The lowest BCUT2D eigenvalue weighted by atomic mass is 9.99. The molecule has 2 aliphatic rings. The minimum absolute atomic E-state index is 0.0156. The average Bonchev–Trinajstić information content (AvgIpc) is 3.23. The van der Waals surface area contributed by atoms with Gasteiger partial charge in [0.1, 0.15) is 11.6 Å². The number of fused-ring (bicyclic) bond motifs is 1. The maximum absolute atomic E-state index is 13.6. The molecule has 170 valence electrons. The fraction of sp³-hybridized carbons (Fsp3) is 0.308. The summed E-state index contributed by atoms with van der Waals surface area (Å²) in [6.07, 6.45) is 4.42. The highest BCUT2D eigenvalue weighted by Gasteiger charge is 2.23. The molecule has 1 aromatic heterocycles. The molecule has 2 N–H and O–H groups in total. The molecule has 0 bridgehead atoms. The van der Waals surface area contributed by atoms with Crippen LogP contribution >= 0.6 is 11.6 Å². The largest absolute Gasteiger partial charge is 0.367 e. The topological polar surface area (TPSA) is 57.3 Å². The molecule has 0 spiro atoms. The van der Waals surface area contributed by atoms with Gasteiger partial charge in [-0.15, -0.1) is 0 Å². The number of halogens is 2. The summed E-state index contributed by atoms with van der Waals surface area (Å²) in [6.45, 7) is 3.19. The van der Waals surface area contributed by atoms with Gasteiger partial charge in [-0.05, 0) is 66.8 Å². The van der Waals surface area contributed by atoms with Crippen LogP contribution in [-0.2, 0) is 17.8 Å². The summed E-state index contributed by atoms with van der Waals surface area (Å²) in [5.41, 5.74) is 5.12. The zero-order valence-electron chi connectivity index (χ0n) is 18.3. The van der Waals surface area contributed by atoms with E-state index in [0.717, 1.165) is 54.7 Å². The van der Waals surface area contributed by atoms with Crippen molar-refractivity contribution >= 4 is 29.0 Å². The number of carbonyl (C=O) groups excluding carboxylic acids is 1. The maximum Gasteiger partial charge on any atom is 0.229 e. The molecule has 0 radical (unpaired) electrons. The second-order valence-corrected chi connectivity index (χ2v) is 9.13. The van der Waals surface area contributed by atoms with Crippen LogP contribution in [-0.4, -0.2) is 30.5 Å². The van der Waals surface area contributed by atoms with Crippen LogP contribution in [0.1, 0.15) is 24.0 Å². The van der Waals surface area contributed by atoms with Crippen LogP contribution < -0.4 is 15.5 Å². The van der Waals surface area contributed by atoms with Gasteiger partial charge in [0.15, 0.2) is 0 Å².